The number of sulfonamides is 1. The van der Waals surface area contributed by atoms with Gasteiger partial charge in [-0.1, -0.05) is 50.2 Å². The van der Waals surface area contributed by atoms with Gasteiger partial charge in [0.15, 0.2) is 0 Å². The minimum Gasteiger partial charge on any atom is -0.487 e. The normalized spacial score (nSPS) is 16.5. The molecule has 0 bridgehead atoms. The maximum Gasteiger partial charge on any atom is 0.262 e. The van der Waals surface area contributed by atoms with E-state index in [1.54, 1.807) is 25.1 Å². The number of hydrogen-bond donors (Lipinski definition) is 2. The molecular weight excluding hydrogens is 472 g/mol. The summed E-state index contributed by atoms with van der Waals surface area (Å²) in [6, 6.07) is 17.9. The maximum atomic E-state index is 13.4. The second kappa shape index (κ2) is 9.97. The summed E-state index contributed by atoms with van der Waals surface area (Å²) in [5, 5.41) is 3.14. The van der Waals surface area contributed by atoms with E-state index in [0.29, 0.717) is 23.2 Å². The second-order valence-electron chi connectivity index (χ2n) is 9.66. The Bertz CT molecular complexity index is 1390. The van der Waals surface area contributed by atoms with E-state index in [4.69, 9.17) is 4.74 Å². The third kappa shape index (κ3) is 5.12. The van der Waals surface area contributed by atoms with Gasteiger partial charge in [-0.25, -0.2) is 8.42 Å². The second-order valence-corrected chi connectivity index (χ2v) is 11.3. The van der Waals surface area contributed by atoms with Gasteiger partial charge < -0.3 is 10.1 Å². The lowest BCUT2D eigenvalue weighted by molar-refractivity contribution is 0.0227. The van der Waals surface area contributed by atoms with Crippen LogP contribution in [0.1, 0.15) is 71.8 Å². The van der Waals surface area contributed by atoms with Crippen molar-refractivity contribution in [1.29, 1.82) is 0 Å². The van der Waals surface area contributed by atoms with Crippen molar-refractivity contribution in [1.82, 2.24) is 5.32 Å². The number of hydrogen-bond acceptors (Lipinski definition) is 4. The Morgan fingerprint density at radius 2 is 1.67 bits per heavy atom. The van der Waals surface area contributed by atoms with Crippen LogP contribution in [0.15, 0.2) is 65.6 Å². The van der Waals surface area contributed by atoms with Crippen molar-refractivity contribution >= 4 is 21.6 Å². The van der Waals surface area contributed by atoms with Gasteiger partial charge in [0.1, 0.15) is 11.4 Å². The van der Waals surface area contributed by atoms with Crippen LogP contribution in [-0.2, 0) is 10.0 Å². The standard InChI is InChI=1S/C29H34N2O4S/c1-6-29(7-2)18-25(23-10-8-9-11-26(23)35-29)30-28(32)22-15-14-21(5)27(17-22)36(33,34)31-24-16-19(3)12-13-20(24)4/h8-17,25,31H,6-7,18H2,1-5H3,(H,30,32)/t25-/m0/s1. The highest BCUT2D eigenvalue weighted by molar-refractivity contribution is 7.92. The quantitative estimate of drug-likeness (QED) is 0.398. The fourth-order valence-corrected chi connectivity index (χ4v) is 6.14. The first kappa shape index (κ1) is 25.8. The third-order valence-corrected chi connectivity index (χ3v) is 8.68. The van der Waals surface area contributed by atoms with Crippen molar-refractivity contribution in [2.75, 3.05) is 4.72 Å². The maximum absolute atomic E-state index is 13.4. The molecule has 1 heterocycles. The number of benzene rings is 3. The Morgan fingerprint density at radius 1 is 0.972 bits per heavy atom. The summed E-state index contributed by atoms with van der Waals surface area (Å²) in [6.07, 6.45) is 2.29. The average molecular weight is 507 g/mol. The van der Waals surface area contributed by atoms with Crippen LogP contribution in [-0.4, -0.2) is 19.9 Å². The summed E-state index contributed by atoms with van der Waals surface area (Å²) < 4.78 is 35.7. The summed E-state index contributed by atoms with van der Waals surface area (Å²) in [5.74, 6) is 0.462. The molecule has 190 valence electrons. The molecule has 2 N–H and O–H groups in total. The number of ether oxygens (including phenoxy) is 1. The predicted molar refractivity (Wildman–Crippen MR) is 143 cm³/mol. The third-order valence-electron chi connectivity index (χ3n) is 7.17. The van der Waals surface area contributed by atoms with Crippen LogP contribution >= 0.6 is 0 Å². The van der Waals surface area contributed by atoms with Crippen molar-refractivity contribution in [2.45, 2.75) is 70.4 Å². The zero-order chi connectivity index (χ0) is 26.1. The number of carbonyl (C=O) groups excluding carboxylic acids is 1. The highest BCUT2D eigenvalue weighted by Gasteiger charge is 2.39. The number of nitrogens with one attached hydrogen (secondary N) is 2. The van der Waals surface area contributed by atoms with E-state index >= 15 is 0 Å². The zero-order valence-electron chi connectivity index (χ0n) is 21.5. The molecular formula is C29H34N2O4S. The summed E-state index contributed by atoms with van der Waals surface area (Å²) in [4.78, 5) is 13.5. The molecule has 0 saturated heterocycles. The predicted octanol–water partition coefficient (Wildman–Crippen LogP) is 6.23. The number of anilines is 1. The number of aryl methyl sites for hydroxylation is 3. The molecule has 4 rings (SSSR count). The van der Waals surface area contributed by atoms with E-state index in [0.717, 1.165) is 35.3 Å². The molecule has 0 fully saturated rings. The molecule has 1 atom stereocenters. The molecule has 3 aromatic carbocycles. The Kier molecular flexibility index (Phi) is 7.14. The van der Waals surface area contributed by atoms with Gasteiger partial charge in [-0.15, -0.1) is 0 Å². The Labute approximate surface area is 214 Å². The highest BCUT2D eigenvalue weighted by Crippen LogP contribution is 2.42. The Balaban J connectivity index is 1.63. The van der Waals surface area contributed by atoms with Gasteiger partial charge in [-0.05, 0) is 74.6 Å². The van der Waals surface area contributed by atoms with Crippen molar-refractivity contribution in [2.24, 2.45) is 0 Å². The molecule has 0 unspecified atom stereocenters. The van der Waals surface area contributed by atoms with Gasteiger partial charge in [0.05, 0.1) is 16.6 Å². The monoisotopic (exact) mass is 506 g/mol. The van der Waals surface area contributed by atoms with Gasteiger partial charge in [0.25, 0.3) is 15.9 Å². The fraction of sp³-hybridized carbons (Fsp3) is 0.345. The minimum absolute atomic E-state index is 0.0832. The molecule has 6 nitrogen and oxygen atoms in total. The number of para-hydroxylation sites is 1. The van der Waals surface area contributed by atoms with Gasteiger partial charge in [-0.3, -0.25) is 9.52 Å². The number of amides is 1. The Hall–Kier alpha value is -3.32. The molecule has 7 heteroatoms. The molecule has 1 amide bonds. The first-order valence-electron chi connectivity index (χ1n) is 12.4. The van der Waals surface area contributed by atoms with E-state index in [1.165, 1.54) is 6.07 Å². The molecule has 1 aliphatic heterocycles. The number of carbonyl (C=O) groups is 1. The minimum atomic E-state index is -3.90. The lowest BCUT2D eigenvalue weighted by Crippen LogP contribution is -2.44. The van der Waals surface area contributed by atoms with Crippen molar-refractivity contribution < 1.29 is 17.9 Å². The van der Waals surface area contributed by atoms with Crippen LogP contribution in [0.5, 0.6) is 5.75 Å². The van der Waals surface area contributed by atoms with Gasteiger partial charge in [-0.2, -0.15) is 0 Å². The van der Waals surface area contributed by atoms with Crippen molar-refractivity contribution in [3.8, 4) is 5.75 Å². The molecule has 0 saturated carbocycles. The SMILES string of the molecule is CCC1(CC)C[C@H](NC(=O)c2ccc(C)c(S(=O)(=O)Nc3cc(C)ccc3C)c2)c2ccccc2O1. The van der Waals surface area contributed by atoms with Crippen LogP contribution in [0.25, 0.3) is 0 Å². The Morgan fingerprint density at radius 3 is 2.39 bits per heavy atom. The summed E-state index contributed by atoms with van der Waals surface area (Å²) in [5.41, 5.74) is 3.74. The van der Waals surface area contributed by atoms with E-state index in [2.05, 4.69) is 23.9 Å². The van der Waals surface area contributed by atoms with Crippen LogP contribution in [0.4, 0.5) is 5.69 Å². The van der Waals surface area contributed by atoms with Crippen LogP contribution < -0.4 is 14.8 Å². The number of fused-ring (bicyclic) bond motifs is 1. The first-order valence-corrected chi connectivity index (χ1v) is 13.9. The lowest BCUT2D eigenvalue weighted by atomic mass is 9.83. The molecule has 0 aromatic heterocycles. The van der Waals surface area contributed by atoms with Crippen LogP contribution in [0.3, 0.4) is 0 Å². The van der Waals surface area contributed by atoms with Crippen LogP contribution in [0, 0.1) is 20.8 Å². The topological polar surface area (TPSA) is 84.5 Å². The summed E-state index contributed by atoms with van der Waals surface area (Å²) >= 11 is 0. The average Bonchev–Trinajstić information content (AvgIpc) is 2.86. The summed E-state index contributed by atoms with van der Waals surface area (Å²) in [7, 11) is -3.90. The molecule has 3 aromatic rings. The lowest BCUT2D eigenvalue weighted by Gasteiger charge is -2.41. The highest BCUT2D eigenvalue weighted by atomic mass is 32.2. The van der Waals surface area contributed by atoms with E-state index in [1.807, 2.05) is 50.2 Å². The smallest absolute Gasteiger partial charge is 0.262 e. The number of rotatable bonds is 7. The molecule has 36 heavy (non-hydrogen) atoms. The van der Waals surface area contributed by atoms with E-state index in [9.17, 15) is 13.2 Å². The fourth-order valence-electron chi connectivity index (χ4n) is 4.75. The van der Waals surface area contributed by atoms with E-state index in [-0.39, 0.29) is 22.4 Å². The summed E-state index contributed by atoms with van der Waals surface area (Å²) in [6.45, 7) is 9.68. The van der Waals surface area contributed by atoms with E-state index < -0.39 is 10.0 Å². The molecule has 0 aliphatic carbocycles. The molecule has 0 radical (unpaired) electrons. The molecule has 0 spiro atoms. The zero-order valence-corrected chi connectivity index (χ0v) is 22.3. The van der Waals surface area contributed by atoms with Crippen molar-refractivity contribution in [3.63, 3.8) is 0 Å². The van der Waals surface area contributed by atoms with Gasteiger partial charge >= 0.3 is 0 Å². The largest absolute Gasteiger partial charge is 0.487 e. The van der Waals surface area contributed by atoms with Gasteiger partial charge in [0.2, 0.25) is 0 Å². The molecule has 1 aliphatic rings. The van der Waals surface area contributed by atoms with Gasteiger partial charge in [0, 0.05) is 17.5 Å². The van der Waals surface area contributed by atoms with Crippen molar-refractivity contribution in [3.05, 3.63) is 88.5 Å². The first-order chi connectivity index (χ1) is 17.1. The van der Waals surface area contributed by atoms with Crippen LogP contribution in [0.2, 0.25) is 0 Å².